The molecular formula is C22H16ClFN2S. The zero-order valence-electron chi connectivity index (χ0n) is 14.3. The molecule has 1 aliphatic rings. The van der Waals surface area contributed by atoms with E-state index in [1.54, 1.807) is 11.3 Å². The Hall–Kier alpha value is -2.40. The van der Waals surface area contributed by atoms with E-state index in [1.165, 1.54) is 28.4 Å². The van der Waals surface area contributed by atoms with Crippen LogP contribution in [0.4, 0.5) is 4.39 Å². The minimum atomic E-state index is -0.224. The van der Waals surface area contributed by atoms with Crippen LogP contribution in [0.2, 0.25) is 5.02 Å². The van der Waals surface area contributed by atoms with E-state index in [0.717, 1.165) is 16.1 Å². The number of halogens is 2. The first-order valence-corrected chi connectivity index (χ1v) is 9.98. The Morgan fingerprint density at radius 3 is 2.37 bits per heavy atom. The Bertz CT molecular complexity index is 994. The molecule has 4 aromatic rings. The summed E-state index contributed by atoms with van der Waals surface area (Å²) in [4.78, 5) is 0. The highest BCUT2D eigenvalue weighted by Gasteiger charge is 2.30. The maximum atomic E-state index is 13.5. The molecule has 2 aromatic heterocycles. The lowest BCUT2D eigenvalue weighted by Crippen LogP contribution is -2.27. The number of thiophene rings is 1. The Morgan fingerprint density at radius 1 is 0.889 bits per heavy atom. The second kappa shape index (κ2) is 6.64. The summed E-state index contributed by atoms with van der Waals surface area (Å²) in [6.07, 6.45) is 2.10. The maximum absolute atomic E-state index is 13.5. The molecule has 134 valence electrons. The van der Waals surface area contributed by atoms with Gasteiger partial charge in [-0.15, -0.1) is 11.3 Å². The molecule has 0 radical (unpaired) electrons. The monoisotopic (exact) mass is 394 g/mol. The summed E-state index contributed by atoms with van der Waals surface area (Å²) < 4.78 is 15.7. The standard InChI is InChI=1S/C22H16ClFN2S/c23-16-7-3-15(4-8-16)21-19-2-1-12-26(19)22-18(11-13-27-22)20(25-21)14-5-9-17(24)10-6-14/h1-13,20-21,25H. The van der Waals surface area contributed by atoms with Crippen molar-refractivity contribution in [3.8, 4) is 5.00 Å². The maximum Gasteiger partial charge on any atom is 0.123 e. The summed E-state index contributed by atoms with van der Waals surface area (Å²) >= 11 is 7.81. The normalized spacial score (nSPS) is 18.6. The van der Waals surface area contributed by atoms with Crippen molar-refractivity contribution in [3.05, 3.63) is 112 Å². The fourth-order valence-electron chi connectivity index (χ4n) is 3.74. The number of aromatic nitrogens is 1. The zero-order chi connectivity index (χ0) is 18.4. The van der Waals surface area contributed by atoms with Gasteiger partial charge in [-0.2, -0.15) is 0 Å². The highest BCUT2D eigenvalue weighted by atomic mass is 35.5. The predicted molar refractivity (Wildman–Crippen MR) is 108 cm³/mol. The average Bonchev–Trinajstić information content (AvgIpc) is 3.32. The molecule has 2 atom stereocenters. The first kappa shape index (κ1) is 16.8. The van der Waals surface area contributed by atoms with E-state index in [9.17, 15) is 4.39 Å². The molecule has 1 N–H and O–H groups in total. The molecule has 0 amide bonds. The van der Waals surface area contributed by atoms with Gasteiger partial charge >= 0.3 is 0 Å². The van der Waals surface area contributed by atoms with Crippen LogP contribution in [-0.4, -0.2) is 4.57 Å². The Labute approximate surface area is 165 Å². The molecule has 2 unspecified atom stereocenters. The fourth-order valence-corrected chi connectivity index (χ4v) is 4.81. The van der Waals surface area contributed by atoms with Crippen molar-refractivity contribution >= 4 is 22.9 Å². The van der Waals surface area contributed by atoms with Crippen LogP contribution in [0.1, 0.15) is 34.5 Å². The molecule has 1 aliphatic heterocycles. The van der Waals surface area contributed by atoms with E-state index >= 15 is 0 Å². The molecule has 2 aromatic carbocycles. The van der Waals surface area contributed by atoms with E-state index in [2.05, 4.69) is 51.8 Å². The number of fused-ring (bicyclic) bond motifs is 3. The second-order valence-electron chi connectivity index (χ2n) is 6.62. The van der Waals surface area contributed by atoms with E-state index in [4.69, 9.17) is 11.6 Å². The van der Waals surface area contributed by atoms with Crippen LogP contribution in [-0.2, 0) is 0 Å². The molecule has 0 fully saturated rings. The number of hydrogen-bond acceptors (Lipinski definition) is 2. The van der Waals surface area contributed by atoms with E-state index < -0.39 is 0 Å². The van der Waals surface area contributed by atoms with Crippen molar-refractivity contribution in [3.63, 3.8) is 0 Å². The van der Waals surface area contributed by atoms with Gasteiger partial charge < -0.3 is 4.57 Å². The lowest BCUT2D eigenvalue weighted by molar-refractivity contribution is 0.540. The highest BCUT2D eigenvalue weighted by Crippen LogP contribution is 2.40. The Morgan fingerprint density at radius 2 is 1.59 bits per heavy atom. The molecule has 2 nitrogen and oxygen atoms in total. The quantitative estimate of drug-likeness (QED) is 0.433. The van der Waals surface area contributed by atoms with Gasteiger partial charge in [-0.25, -0.2) is 4.39 Å². The first-order valence-electron chi connectivity index (χ1n) is 8.73. The summed E-state index contributed by atoms with van der Waals surface area (Å²) in [5, 5.41) is 7.81. The van der Waals surface area contributed by atoms with Gasteiger partial charge in [0.05, 0.1) is 12.1 Å². The van der Waals surface area contributed by atoms with Gasteiger partial charge in [0, 0.05) is 22.5 Å². The van der Waals surface area contributed by atoms with Crippen LogP contribution in [0, 0.1) is 5.82 Å². The molecule has 5 heteroatoms. The molecule has 0 bridgehead atoms. The van der Waals surface area contributed by atoms with Gasteiger partial charge in [-0.05, 0) is 59.0 Å². The summed E-state index contributed by atoms with van der Waals surface area (Å²) in [5.41, 5.74) is 4.55. The van der Waals surface area contributed by atoms with Crippen LogP contribution in [0.15, 0.2) is 78.3 Å². The summed E-state index contributed by atoms with van der Waals surface area (Å²) in [7, 11) is 0. The zero-order valence-corrected chi connectivity index (χ0v) is 15.8. The lowest BCUT2D eigenvalue weighted by Gasteiger charge is -2.24. The third kappa shape index (κ3) is 2.90. The molecule has 0 spiro atoms. The van der Waals surface area contributed by atoms with E-state index in [-0.39, 0.29) is 17.9 Å². The first-order chi connectivity index (χ1) is 13.2. The minimum absolute atomic E-state index is 0.00748. The van der Waals surface area contributed by atoms with Crippen LogP contribution >= 0.6 is 22.9 Å². The molecule has 0 aliphatic carbocycles. The van der Waals surface area contributed by atoms with Crippen LogP contribution in [0.3, 0.4) is 0 Å². The molecule has 0 saturated carbocycles. The van der Waals surface area contributed by atoms with Crippen LogP contribution < -0.4 is 5.32 Å². The third-order valence-corrected chi connectivity index (χ3v) is 6.20. The van der Waals surface area contributed by atoms with Gasteiger partial charge in [0.1, 0.15) is 10.8 Å². The number of nitrogens with zero attached hydrogens (tertiary/aromatic N) is 1. The summed E-state index contributed by atoms with van der Waals surface area (Å²) in [5.74, 6) is -0.224. The summed E-state index contributed by atoms with van der Waals surface area (Å²) in [6.45, 7) is 0. The third-order valence-electron chi connectivity index (χ3n) is 5.02. The molecular weight excluding hydrogens is 379 g/mol. The second-order valence-corrected chi connectivity index (χ2v) is 7.95. The van der Waals surface area contributed by atoms with Crippen molar-refractivity contribution in [1.29, 1.82) is 0 Å². The number of rotatable bonds is 2. The smallest absolute Gasteiger partial charge is 0.123 e. The van der Waals surface area contributed by atoms with Gasteiger partial charge in [-0.3, -0.25) is 5.32 Å². The number of benzene rings is 2. The van der Waals surface area contributed by atoms with Crippen LogP contribution in [0.25, 0.3) is 5.00 Å². The number of hydrogen-bond donors (Lipinski definition) is 1. The van der Waals surface area contributed by atoms with Gasteiger partial charge in [-0.1, -0.05) is 35.9 Å². The van der Waals surface area contributed by atoms with Crippen molar-refractivity contribution in [2.24, 2.45) is 0 Å². The largest absolute Gasteiger partial charge is 0.310 e. The number of nitrogens with one attached hydrogen (secondary N) is 1. The lowest BCUT2D eigenvalue weighted by atomic mass is 9.97. The SMILES string of the molecule is Fc1ccc(C2NC(c3ccc(Cl)cc3)c3cccn3-c3sccc32)cc1. The predicted octanol–water partition coefficient (Wildman–Crippen LogP) is 6.11. The minimum Gasteiger partial charge on any atom is -0.310 e. The van der Waals surface area contributed by atoms with Crippen molar-refractivity contribution in [2.75, 3.05) is 0 Å². The Balaban J connectivity index is 1.68. The average molecular weight is 395 g/mol. The van der Waals surface area contributed by atoms with Crippen molar-refractivity contribution in [2.45, 2.75) is 12.1 Å². The van der Waals surface area contributed by atoms with Gasteiger partial charge in [0.2, 0.25) is 0 Å². The highest BCUT2D eigenvalue weighted by molar-refractivity contribution is 7.12. The van der Waals surface area contributed by atoms with E-state index in [0.29, 0.717) is 0 Å². The molecule has 0 saturated heterocycles. The Kier molecular flexibility index (Phi) is 4.12. The fraction of sp³-hybridized carbons (Fsp3) is 0.0909. The molecule has 5 rings (SSSR count). The molecule has 3 heterocycles. The van der Waals surface area contributed by atoms with Crippen molar-refractivity contribution < 1.29 is 4.39 Å². The van der Waals surface area contributed by atoms with Crippen molar-refractivity contribution in [1.82, 2.24) is 9.88 Å². The van der Waals surface area contributed by atoms with Crippen LogP contribution in [0.5, 0.6) is 0 Å². The van der Waals surface area contributed by atoms with E-state index in [1.807, 2.05) is 24.3 Å². The van der Waals surface area contributed by atoms with Gasteiger partial charge in [0.15, 0.2) is 0 Å². The topological polar surface area (TPSA) is 17.0 Å². The molecule has 27 heavy (non-hydrogen) atoms. The van der Waals surface area contributed by atoms with Gasteiger partial charge in [0.25, 0.3) is 0 Å². The summed E-state index contributed by atoms with van der Waals surface area (Å²) in [6, 6.07) is 21.0.